The van der Waals surface area contributed by atoms with Crippen LogP contribution in [0, 0.1) is 5.82 Å². The number of carbonyl (C=O) groups excluding carboxylic acids is 3. The van der Waals surface area contributed by atoms with Crippen LogP contribution >= 0.6 is 0 Å². The summed E-state index contributed by atoms with van der Waals surface area (Å²) < 4.78 is 13.2. The van der Waals surface area contributed by atoms with Gasteiger partial charge in [-0.3, -0.25) is 19.3 Å². The maximum absolute atomic E-state index is 13.2. The highest BCUT2D eigenvalue weighted by Crippen LogP contribution is 2.05. The average molecular weight is 378 g/mol. The van der Waals surface area contributed by atoms with E-state index in [0.29, 0.717) is 45.8 Å². The molecule has 1 N–H and O–H groups in total. The molecule has 0 spiro atoms. The summed E-state index contributed by atoms with van der Waals surface area (Å²) in [7, 11) is 0. The van der Waals surface area contributed by atoms with Crippen LogP contribution in [0.25, 0.3) is 0 Å². The largest absolute Gasteiger partial charge is 0.343 e. The fourth-order valence-corrected chi connectivity index (χ4v) is 3.02. The molecule has 148 valence electrons. The zero-order valence-electron chi connectivity index (χ0n) is 15.9. The van der Waals surface area contributed by atoms with Gasteiger partial charge in [-0.05, 0) is 32.0 Å². The van der Waals surface area contributed by atoms with E-state index in [1.165, 1.54) is 18.2 Å². The number of amides is 3. The van der Waals surface area contributed by atoms with Gasteiger partial charge in [0.2, 0.25) is 11.8 Å². The van der Waals surface area contributed by atoms with Gasteiger partial charge in [-0.25, -0.2) is 4.39 Å². The quantitative estimate of drug-likeness (QED) is 0.753. The molecule has 0 saturated carbocycles. The molecule has 1 saturated heterocycles. The first-order valence-electron chi connectivity index (χ1n) is 9.26. The Bertz CT molecular complexity index is 671. The van der Waals surface area contributed by atoms with E-state index in [-0.39, 0.29) is 23.9 Å². The standard InChI is InChI=1S/C19H27FN4O3/c1-3-23(4-2)18(26)14-22-8-10-24(11-9-22)17(25)13-21-19(27)15-6-5-7-16(20)12-15/h5-7,12H,3-4,8-11,13-14H2,1-2H3,(H,21,27). The number of likely N-dealkylation sites (N-methyl/N-ethyl adjacent to an activating group) is 1. The van der Waals surface area contributed by atoms with E-state index in [0.717, 1.165) is 6.07 Å². The van der Waals surface area contributed by atoms with Crippen molar-refractivity contribution in [1.82, 2.24) is 20.0 Å². The number of rotatable bonds is 7. The molecular weight excluding hydrogens is 351 g/mol. The van der Waals surface area contributed by atoms with Crippen molar-refractivity contribution >= 4 is 17.7 Å². The van der Waals surface area contributed by atoms with Crippen LogP contribution in [0.15, 0.2) is 24.3 Å². The smallest absolute Gasteiger partial charge is 0.251 e. The van der Waals surface area contributed by atoms with E-state index in [1.54, 1.807) is 9.80 Å². The van der Waals surface area contributed by atoms with Gasteiger partial charge in [-0.2, -0.15) is 0 Å². The molecule has 1 heterocycles. The molecule has 1 aliphatic heterocycles. The van der Waals surface area contributed by atoms with Crippen molar-refractivity contribution < 1.29 is 18.8 Å². The zero-order valence-corrected chi connectivity index (χ0v) is 15.9. The Kier molecular flexibility index (Phi) is 7.72. The minimum atomic E-state index is -0.496. The first-order valence-corrected chi connectivity index (χ1v) is 9.26. The Balaban J connectivity index is 1.74. The Labute approximate surface area is 159 Å². The predicted molar refractivity (Wildman–Crippen MR) is 99.7 cm³/mol. The van der Waals surface area contributed by atoms with E-state index in [2.05, 4.69) is 5.32 Å². The molecule has 3 amide bonds. The fraction of sp³-hybridized carbons (Fsp3) is 0.526. The summed E-state index contributed by atoms with van der Waals surface area (Å²) in [5.41, 5.74) is 0.183. The minimum Gasteiger partial charge on any atom is -0.343 e. The minimum absolute atomic E-state index is 0.0992. The molecule has 0 unspecified atom stereocenters. The van der Waals surface area contributed by atoms with E-state index in [4.69, 9.17) is 0 Å². The van der Waals surface area contributed by atoms with Crippen LogP contribution < -0.4 is 5.32 Å². The summed E-state index contributed by atoms with van der Waals surface area (Å²) in [6, 6.07) is 5.33. The number of halogens is 1. The van der Waals surface area contributed by atoms with Crippen LogP contribution in [0.2, 0.25) is 0 Å². The van der Waals surface area contributed by atoms with Gasteiger partial charge in [-0.1, -0.05) is 6.07 Å². The Morgan fingerprint density at radius 1 is 1.11 bits per heavy atom. The number of nitrogens with zero attached hydrogens (tertiary/aromatic N) is 3. The Morgan fingerprint density at radius 2 is 1.78 bits per heavy atom. The third kappa shape index (κ3) is 6.02. The van der Waals surface area contributed by atoms with Gasteiger partial charge in [0, 0.05) is 44.8 Å². The van der Waals surface area contributed by atoms with Crippen LogP contribution in [0.4, 0.5) is 4.39 Å². The molecule has 27 heavy (non-hydrogen) atoms. The van der Waals surface area contributed by atoms with Crippen LogP contribution in [0.1, 0.15) is 24.2 Å². The van der Waals surface area contributed by atoms with Crippen molar-refractivity contribution in [2.75, 3.05) is 52.4 Å². The van der Waals surface area contributed by atoms with Gasteiger partial charge in [0.15, 0.2) is 0 Å². The van der Waals surface area contributed by atoms with Gasteiger partial charge in [0.25, 0.3) is 5.91 Å². The van der Waals surface area contributed by atoms with Gasteiger partial charge in [0.05, 0.1) is 13.1 Å². The molecule has 0 aliphatic carbocycles. The number of benzene rings is 1. The highest BCUT2D eigenvalue weighted by Gasteiger charge is 2.23. The highest BCUT2D eigenvalue weighted by atomic mass is 19.1. The van der Waals surface area contributed by atoms with Crippen LogP contribution in [-0.2, 0) is 9.59 Å². The molecule has 0 radical (unpaired) electrons. The Hall–Kier alpha value is -2.48. The van der Waals surface area contributed by atoms with Crippen molar-refractivity contribution in [3.63, 3.8) is 0 Å². The molecule has 1 fully saturated rings. The van der Waals surface area contributed by atoms with Crippen LogP contribution in [0.3, 0.4) is 0 Å². The SMILES string of the molecule is CCN(CC)C(=O)CN1CCN(C(=O)CNC(=O)c2cccc(F)c2)CC1. The monoisotopic (exact) mass is 378 g/mol. The summed E-state index contributed by atoms with van der Waals surface area (Å²) in [5, 5.41) is 2.53. The first-order chi connectivity index (χ1) is 12.9. The molecule has 1 aromatic carbocycles. The third-order valence-corrected chi connectivity index (χ3v) is 4.69. The molecule has 1 aliphatic rings. The van der Waals surface area contributed by atoms with E-state index >= 15 is 0 Å². The lowest BCUT2D eigenvalue weighted by molar-refractivity contribution is -0.134. The number of nitrogens with one attached hydrogen (secondary N) is 1. The maximum atomic E-state index is 13.2. The molecule has 7 nitrogen and oxygen atoms in total. The number of carbonyl (C=O) groups is 3. The summed E-state index contributed by atoms with van der Waals surface area (Å²) in [6.45, 7) is 7.80. The van der Waals surface area contributed by atoms with Gasteiger partial charge < -0.3 is 15.1 Å². The molecule has 2 rings (SSSR count). The summed E-state index contributed by atoms with van der Waals surface area (Å²) in [6.07, 6.45) is 0. The molecule has 1 aromatic rings. The Morgan fingerprint density at radius 3 is 2.37 bits per heavy atom. The number of hydrogen-bond acceptors (Lipinski definition) is 4. The summed E-state index contributed by atoms with van der Waals surface area (Å²) in [4.78, 5) is 41.9. The first kappa shape index (κ1) is 20.8. The second kappa shape index (κ2) is 10.0. The molecular formula is C19H27FN4O3. The fourth-order valence-electron chi connectivity index (χ4n) is 3.02. The number of hydrogen-bond donors (Lipinski definition) is 1. The van der Waals surface area contributed by atoms with E-state index in [9.17, 15) is 18.8 Å². The normalized spacial score (nSPS) is 14.7. The van der Waals surface area contributed by atoms with Crippen molar-refractivity contribution in [2.24, 2.45) is 0 Å². The third-order valence-electron chi connectivity index (χ3n) is 4.69. The van der Waals surface area contributed by atoms with Crippen molar-refractivity contribution in [1.29, 1.82) is 0 Å². The lowest BCUT2D eigenvalue weighted by Crippen LogP contribution is -2.53. The van der Waals surface area contributed by atoms with Crippen LogP contribution in [0.5, 0.6) is 0 Å². The lowest BCUT2D eigenvalue weighted by Gasteiger charge is -2.35. The predicted octanol–water partition coefficient (Wildman–Crippen LogP) is 0.568. The second-order valence-electron chi connectivity index (χ2n) is 6.42. The molecule has 8 heteroatoms. The van der Waals surface area contributed by atoms with Crippen molar-refractivity contribution in [3.05, 3.63) is 35.6 Å². The van der Waals surface area contributed by atoms with Crippen molar-refractivity contribution in [2.45, 2.75) is 13.8 Å². The maximum Gasteiger partial charge on any atom is 0.251 e. The molecule has 0 aromatic heterocycles. The zero-order chi connectivity index (χ0) is 19.8. The number of piperazine rings is 1. The van der Waals surface area contributed by atoms with Gasteiger partial charge in [0.1, 0.15) is 5.82 Å². The van der Waals surface area contributed by atoms with Crippen LogP contribution in [-0.4, -0.2) is 84.8 Å². The van der Waals surface area contributed by atoms with Crippen molar-refractivity contribution in [3.8, 4) is 0 Å². The average Bonchev–Trinajstić information content (AvgIpc) is 2.67. The summed E-state index contributed by atoms with van der Waals surface area (Å²) in [5.74, 6) is -1.06. The van der Waals surface area contributed by atoms with E-state index < -0.39 is 11.7 Å². The second-order valence-corrected chi connectivity index (χ2v) is 6.42. The van der Waals surface area contributed by atoms with E-state index in [1.807, 2.05) is 18.7 Å². The van der Waals surface area contributed by atoms with Gasteiger partial charge in [-0.15, -0.1) is 0 Å². The molecule has 0 atom stereocenters. The topological polar surface area (TPSA) is 73.0 Å². The summed E-state index contributed by atoms with van der Waals surface area (Å²) >= 11 is 0. The molecule has 0 bridgehead atoms. The lowest BCUT2D eigenvalue weighted by atomic mass is 10.2. The van der Waals surface area contributed by atoms with Gasteiger partial charge >= 0.3 is 0 Å². The highest BCUT2D eigenvalue weighted by molar-refractivity contribution is 5.96.